The highest BCUT2D eigenvalue weighted by Gasteiger charge is 2.29. The first kappa shape index (κ1) is 16.4. The van der Waals surface area contributed by atoms with Crippen LogP contribution in [0.1, 0.15) is 32.9 Å². The molecule has 0 saturated carbocycles. The van der Waals surface area contributed by atoms with E-state index in [1.165, 1.54) is 4.57 Å². The molecule has 1 fully saturated rings. The summed E-state index contributed by atoms with van der Waals surface area (Å²) < 4.78 is 12.3. The van der Waals surface area contributed by atoms with Crippen LogP contribution >= 0.6 is 0 Å². The van der Waals surface area contributed by atoms with Gasteiger partial charge in [-0.1, -0.05) is 13.8 Å². The average Bonchev–Trinajstić information content (AvgIpc) is 2.92. The molecule has 8 nitrogen and oxygen atoms in total. The van der Waals surface area contributed by atoms with Crippen molar-refractivity contribution in [3.63, 3.8) is 0 Å². The summed E-state index contributed by atoms with van der Waals surface area (Å²) in [5.74, 6) is -0.245. The lowest BCUT2D eigenvalue weighted by molar-refractivity contribution is -0.151. The van der Waals surface area contributed by atoms with Crippen molar-refractivity contribution in [1.82, 2.24) is 9.55 Å². The molecule has 8 heteroatoms. The lowest BCUT2D eigenvalue weighted by Gasteiger charge is -2.18. The average molecular weight is 310 g/mol. The number of nitrogens with two attached hydrogens (primary N) is 2. The Morgan fingerprint density at radius 3 is 2.91 bits per heavy atom. The van der Waals surface area contributed by atoms with Crippen LogP contribution in [-0.4, -0.2) is 34.3 Å². The third-order valence-electron chi connectivity index (χ3n) is 3.65. The maximum atomic E-state index is 11.8. The number of hydrogen-bond donors (Lipinski definition) is 2. The molecule has 2 rings (SSSR count). The smallest absolute Gasteiger partial charge is 0.351 e. The van der Waals surface area contributed by atoms with Crippen molar-refractivity contribution < 1.29 is 14.3 Å². The number of esters is 1. The molecule has 1 aromatic rings. The molecule has 4 N–H and O–H groups in total. The SMILES string of the molecule is CC(C)C(N)C(=O)OC[C@@H]1CCC(n2ccc(N)nc2=O)O1. The molecule has 1 aliphatic rings. The first-order chi connectivity index (χ1) is 10.4. The van der Waals surface area contributed by atoms with Crippen LogP contribution in [0.3, 0.4) is 0 Å². The van der Waals surface area contributed by atoms with E-state index in [9.17, 15) is 9.59 Å². The maximum Gasteiger partial charge on any atom is 0.351 e. The monoisotopic (exact) mass is 310 g/mol. The molecule has 2 unspecified atom stereocenters. The number of carbonyl (C=O) groups excluding carboxylic acids is 1. The topological polar surface area (TPSA) is 122 Å². The van der Waals surface area contributed by atoms with E-state index in [-0.39, 0.29) is 24.4 Å². The van der Waals surface area contributed by atoms with Crippen molar-refractivity contribution in [1.29, 1.82) is 0 Å². The molecule has 22 heavy (non-hydrogen) atoms. The Labute approximate surface area is 128 Å². The summed E-state index contributed by atoms with van der Waals surface area (Å²) in [6.07, 6.45) is 2.22. The summed E-state index contributed by atoms with van der Waals surface area (Å²) in [5.41, 5.74) is 10.7. The Hall–Kier alpha value is -1.93. The van der Waals surface area contributed by atoms with Gasteiger partial charge in [-0.2, -0.15) is 4.98 Å². The third-order valence-corrected chi connectivity index (χ3v) is 3.65. The summed E-state index contributed by atoms with van der Waals surface area (Å²) in [5, 5.41) is 0. The van der Waals surface area contributed by atoms with Gasteiger partial charge in [-0.05, 0) is 24.8 Å². The van der Waals surface area contributed by atoms with Gasteiger partial charge in [0.15, 0.2) is 0 Å². The Morgan fingerprint density at radius 2 is 2.27 bits per heavy atom. The summed E-state index contributed by atoms with van der Waals surface area (Å²) in [6, 6.07) is 0.904. The van der Waals surface area contributed by atoms with Gasteiger partial charge in [0.25, 0.3) is 0 Å². The van der Waals surface area contributed by atoms with Crippen molar-refractivity contribution in [2.75, 3.05) is 12.3 Å². The minimum absolute atomic E-state index is 0.0178. The molecular formula is C14H22N4O4. The Balaban J connectivity index is 1.88. The quantitative estimate of drug-likeness (QED) is 0.735. The highest BCUT2D eigenvalue weighted by Crippen LogP contribution is 2.27. The fourth-order valence-corrected chi connectivity index (χ4v) is 2.20. The van der Waals surface area contributed by atoms with Gasteiger partial charge in [-0.25, -0.2) is 4.79 Å². The molecule has 0 radical (unpaired) electrons. The number of anilines is 1. The molecule has 1 aliphatic heterocycles. The van der Waals surface area contributed by atoms with Gasteiger partial charge in [0.05, 0.1) is 6.10 Å². The van der Waals surface area contributed by atoms with Gasteiger partial charge in [-0.3, -0.25) is 9.36 Å². The molecule has 0 aliphatic carbocycles. The van der Waals surface area contributed by atoms with Crippen LogP contribution in [0.5, 0.6) is 0 Å². The molecule has 1 saturated heterocycles. The molecule has 3 atom stereocenters. The largest absolute Gasteiger partial charge is 0.462 e. The molecule has 1 aromatic heterocycles. The van der Waals surface area contributed by atoms with Gasteiger partial charge < -0.3 is 20.9 Å². The first-order valence-corrected chi connectivity index (χ1v) is 7.31. The molecule has 0 spiro atoms. The van der Waals surface area contributed by atoms with E-state index in [2.05, 4.69) is 4.98 Å². The van der Waals surface area contributed by atoms with Gasteiger partial charge in [0.2, 0.25) is 0 Å². The predicted molar refractivity (Wildman–Crippen MR) is 79.8 cm³/mol. The number of aromatic nitrogens is 2. The number of nitrogens with zero attached hydrogens (tertiary/aromatic N) is 2. The molecule has 0 amide bonds. The number of rotatable bonds is 5. The fourth-order valence-electron chi connectivity index (χ4n) is 2.20. The lowest BCUT2D eigenvalue weighted by atomic mass is 10.1. The minimum atomic E-state index is -0.638. The zero-order valence-corrected chi connectivity index (χ0v) is 12.8. The number of carbonyl (C=O) groups is 1. The van der Waals surface area contributed by atoms with Crippen molar-refractivity contribution in [3.05, 3.63) is 22.7 Å². The van der Waals surface area contributed by atoms with Crippen molar-refractivity contribution in [3.8, 4) is 0 Å². The summed E-state index contributed by atoms with van der Waals surface area (Å²) >= 11 is 0. The minimum Gasteiger partial charge on any atom is -0.462 e. The first-order valence-electron chi connectivity index (χ1n) is 7.31. The van der Waals surface area contributed by atoms with E-state index >= 15 is 0 Å². The van der Waals surface area contributed by atoms with Crippen LogP contribution in [0.4, 0.5) is 5.82 Å². The highest BCUT2D eigenvalue weighted by atomic mass is 16.6. The van der Waals surface area contributed by atoms with Crippen LogP contribution in [-0.2, 0) is 14.3 Å². The van der Waals surface area contributed by atoms with E-state index in [1.807, 2.05) is 13.8 Å². The van der Waals surface area contributed by atoms with Crippen molar-refractivity contribution in [2.45, 2.75) is 45.1 Å². The van der Waals surface area contributed by atoms with Crippen LogP contribution in [0, 0.1) is 5.92 Å². The Morgan fingerprint density at radius 1 is 1.55 bits per heavy atom. The molecule has 0 aromatic carbocycles. The van der Waals surface area contributed by atoms with E-state index < -0.39 is 23.9 Å². The van der Waals surface area contributed by atoms with Crippen molar-refractivity contribution >= 4 is 11.8 Å². The molecule has 0 bridgehead atoms. The second kappa shape index (κ2) is 6.89. The van der Waals surface area contributed by atoms with Gasteiger partial charge in [0, 0.05) is 6.20 Å². The summed E-state index contributed by atoms with van der Waals surface area (Å²) in [4.78, 5) is 27.1. The van der Waals surface area contributed by atoms with Gasteiger partial charge in [-0.15, -0.1) is 0 Å². The molecule has 122 valence electrons. The normalized spacial score (nSPS) is 22.7. The van der Waals surface area contributed by atoms with E-state index in [4.69, 9.17) is 20.9 Å². The summed E-state index contributed by atoms with van der Waals surface area (Å²) in [6.45, 7) is 3.84. The van der Waals surface area contributed by atoms with Gasteiger partial charge >= 0.3 is 11.7 Å². The second-order valence-corrected chi connectivity index (χ2v) is 5.73. The Bertz CT molecular complexity index is 586. The molecular weight excluding hydrogens is 288 g/mol. The van der Waals surface area contributed by atoms with Crippen LogP contribution < -0.4 is 17.2 Å². The predicted octanol–water partition coefficient (Wildman–Crippen LogP) is 0.0296. The zero-order valence-electron chi connectivity index (χ0n) is 12.8. The van der Waals surface area contributed by atoms with Crippen LogP contribution in [0.25, 0.3) is 0 Å². The zero-order chi connectivity index (χ0) is 16.3. The van der Waals surface area contributed by atoms with E-state index in [1.54, 1.807) is 12.3 Å². The number of nitrogen functional groups attached to an aromatic ring is 1. The van der Waals surface area contributed by atoms with E-state index in [0.717, 1.165) is 0 Å². The third kappa shape index (κ3) is 3.83. The lowest BCUT2D eigenvalue weighted by Crippen LogP contribution is -2.38. The molecule has 2 heterocycles. The standard InChI is InChI=1S/C14H22N4O4/c1-8(2)12(16)13(19)21-7-9-3-4-11(22-9)18-6-5-10(15)17-14(18)20/h5-6,8-9,11-12H,3-4,7,16H2,1-2H3,(H2,15,17,20)/t9-,11?,12?/m0/s1. The fraction of sp³-hybridized carbons (Fsp3) is 0.643. The Kier molecular flexibility index (Phi) is 5.15. The van der Waals surface area contributed by atoms with E-state index in [0.29, 0.717) is 12.8 Å². The summed E-state index contributed by atoms with van der Waals surface area (Å²) in [7, 11) is 0. The second-order valence-electron chi connectivity index (χ2n) is 5.73. The highest BCUT2D eigenvalue weighted by molar-refractivity contribution is 5.75. The van der Waals surface area contributed by atoms with Crippen LogP contribution in [0.2, 0.25) is 0 Å². The number of hydrogen-bond acceptors (Lipinski definition) is 7. The van der Waals surface area contributed by atoms with Gasteiger partial charge in [0.1, 0.15) is 24.7 Å². The van der Waals surface area contributed by atoms with Crippen molar-refractivity contribution in [2.24, 2.45) is 11.7 Å². The maximum absolute atomic E-state index is 11.8. The number of ether oxygens (including phenoxy) is 2. The van der Waals surface area contributed by atoms with Crippen LogP contribution in [0.15, 0.2) is 17.1 Å².